The molecule has 0 spiro atoms. The number of aliphatic carboxylic acids is 1. The van der Waals surface area contributed by atoms with E-state index in [-0.39, 0.29) is 41.5 Å². The van der Waals surface area contributed by atoms with Crippen LogP contribution in [0.5, 0.6) is 0 Å². The minimum atomic E-state index is -0.840. The number of pyridine rings is 1. The molecule has 1 N–H and O–H groups in total. The fourth-order valence-electron chi connectivity index (χ4n) is 3.48. The van der Waals surface area contributed by atoms with Gasteiger partial charge in [0.05, 0.1) is 12.0 Å². The van der Waals surface area contributed by atoms with E-state index in [4.69, 9.17) is 4.74 Å². The fourth-order valence-corrected chi connectivity index (χ4v) is 3.48. The van der Waals surface area contributed by atoms with Crippen LogP contribution in [-0.4, -0.2) is 68.8 Å². The molecular weight excluding hydrogens is 355 g/mol. The van der Waals surface area contributed by atoms with Crippen molar-refractivity contribution >= 4 is 41.6 Å². The second-order valence-corrected chi connectivity index (χ2v) is 7.61. The quantitative estimate of drug-likeness (QED) is 0.622. The zero-order chi connectivity index (χ0) is 19.3. The normalized spacial score (nSPS) is 21.0. The molecule has 1 aromatic rings. The average molecular weight is 384 g/mol. The van der Waals surface area contributed by atoms with Gasteiger partial charge in [-0.1, -0.05) is 18.2 Å². The van der Waals surface area contributed by atoms with Crippen molar-refractivity contribution < 1.29 is 19.4 Å². The van der Waals surface area contributed by atoms with Gasteiger partial charge in [-0.2, -0.15) is 0 Å². The number of likely N-dealkylation sites (tertiary alicyclic amines) is 1. The van der Waals surface area contributed by atoms with Gasteiger partial charge in [-0.05, 0) is 58.1 Å². The molecule has 0 saturated carbocycles. The van der Waals surface area contributed by atoms with Gasteiger partial charge in [0.1, 0.15) is 5.60 Å². The first-order chi connectivity index (χ1) is 12.2. The standard InChI is InChI=1S/C20H28N2O4.Na.H/c1-5-6-9-16(18(23)24)15-10-12-22(19(25)26-20(2,3)4)17(15)14-8-7-11-21-13-14;;/h5-8,11,13,15-17H,9-10,12H2,1-4H3,(H,23,24);;/b6-5-;;/t15-,16?,17+;;/m0../s1. The van der Waals surface area contributed by atoms with E-state index >= 15 is 0 Å². The summed E-state index contributed by atoms with van der Waals surface area (Å²) in [6.07, 6.45) is 7.74. The molecule has 6 nitrogen and oxygen atoms in total. The molecule has 1 fully saturated rings. The summed E-state index contributed by atoms with van der Waals surface area (Å²) in [5.41, 5.74) is 0.235. The summed E-state index contributed by atoms with van der Waals surface area (Å²) in [6.45, 7) is 7.81. The molecule has 1 unspecified atom stereocenters. The Morgan fingerprint density at radius 3 is 2.67 bits per heavy atom. The number of amides is 1. The van der Waals surface area contributed by atoms with Crippen molar-refractivity contribution in [3.05, 3.63) is 42.2 Å². The van der Waals surface area contributed by atoms with Crippen LogP contribution in [0.3, 0.4) is 0 Å². The van der Waals surface area contributed by atoms with E-state index in [2.05, 4.69) is 4.98 Å². The summed E-state index contributed by atoms with van der Waals surface area (Å²) >= 11 is 0. The van der Waals surface area contributed by atoms with E-state index in [0.717, 1.165) is 5.56 Å². The topological polar surface area (TPSA) is 79.7 Å². The number of carbonyl (C=O) groups is 2. The molecule has 27 heavy (non-hydrogen) atoms. The Kier molecular flexibility index (Phi) is 8.99. The summed E-state index contributed by atoms with van der Waals surface area (Å²) in [5.74, 6) is -1.60. The molecule has 0 aliphatic carbocycles. The number of nitrogens with zero attached hydrogens (tertiary/aromatic N) is 2. The van der Waals surface area contributed by atoms with Crippen LogP contribution in [0.4, 0.5) is 4.79 Å². The predicted octanol–water partition coefficient (Wildman–Crippen LogP) is 3.40. The van der Waals surface area contributed by atoms with Gasteiger partial charge in [0, 0.05) is 18.9 Å². The molecule has 1 aromatic heterocycles. The summed E-state index contributed by atoms with van der Waals surface area (Å²) in [4.78, 5) is 30.4. The Labute approximate surface area is 183 Å². The number of carbonyl (C=O) groups excluding carboxylic acids is 1. The first kappa shape index (κ1) is 23.7. The van der Waals surface area contributed by atoms with E-state index < -0.39 is 23.6 Å². The second-order valence-electron chi connectivity index (χ2n) is 7.61. The molecule has 1 saturated heterocycles. The molecule has 0 bridgehead atoms. The SMILES string of the molecule is C/C=C\CC(C(=O)O)[C@@H]1CCN(C(=O)OC(C)(C)C)[C@@H]1c1cccnc1.[NaH]. The van der Waals surface area contributed by atoms with Crippen LogP contribution in [0.15, 0.2) is 36.7 Å². The van der Waals surface area contributed by atoms with Crippen molar-refractivity contribution in [2.75, 3.05) is 6.54 Å². The number of ether oxygens (including phenoxy) is 1. The van der Waals surface area contributed by atoms with Gasteiger partial charge in [-0.15, -0.1) is 0 Å². The molecule has 3 atom stereocenters. The number of aromatic nitrogens is 1. The van der Waals surface area contributed by atoms with Crippen molar-refractivity contribution in [2.24, 2.45) is 11.8 Å². The maximum atomic E-state index is 12.7. The minimum absolute atomic E-state index is 0. The van der Waals surface area contributed by atoms with E-state index in [9.17, 15) is 14.7 Å². The Bertz CT molecular complexity index is 658. The van der Waals surface area contributed by atoms with Crippen LogP contribution in [0.25, 0.3) is 0 Å². The molecule has 1 aliphatic heterocycles. The van der Waals surface area contributed by atoms with Crippen LogP contribution < -0.4 is 0 Å². The Hall–Kier alpha value is -1.37. The zero-order valence-electron chi connectivity index (χ0n) is 15.9. The van der Waals surface area contributed by atoms with Gasteiger partial charge in [0.2, 0.25) is 0 Å². The molecule has 1 amide bonds. The van der Waals surface area contributed by atoms with Crippen LogP contribution in [0, 0.1) is 11.8 Å². The Morgan fingerprint density at radius 1 is 1.44 bits per heavy atom. The Balaban J connectivity index is 0.00000364. The fraction of sp³-hybridized carbons (Fsp3) is 0.550. The maximum absolute atomic E-state index is 12.7. The number of hydrogen-bond acceptors (Lipinski definition) is 4. The van der Waals surface area contributed by atoms with Crippen molar-refractivity contribution in [1.29, 1.82) is 0 Å². The van der Waals surface area contributed by atoms with Gasteiger partial charge in [0.25, 0.3) is 0 Å². The van der Waals surface area contributed by atoms with Crippen molar-refractivity contribution in [2.45, 2.75) is 52.2 Å². The van der Waals surface area contributed by atoms with Gasteiger partial charge < -0.3 is 14.7 Å². The summed E-state index contributed by atoms with van der Waals surface area (Å²) in [7, 11) is 0. The van der Waals surface area contributed by atoms with Gasteiger partial charge in [0.15, 0.2) is 0 Å². The number of rotatable bonds is 5. The second kappa shape index (κ2) is 10.2. The molecule has 0 aromatic carbocycles. The van der Waals surface area contributed by atoms with Crippen molar-refractivity contribution in [3.8, 4) is 0 Å². The first-order valence-corrected chi connectivity index (χ1v) is 8.98. The van der Waals surface area contributed by atoms with Crippen molar-refractivity contribution in [1.82, 2.24) is 9.88 Å². The van der Waals surface area contributed by atoms with Crippen LogP contribution in [-0.2, 0) is 9.53 Å². The van der Waals surface area contributed by atoms with E-state index in [1.165, 1.54) is 0 Å². The molecule has 144 valence electrons. The summed E-state index contributed by atoms with van der Waals surface area (Å²) in [6, 6.07) is 3.34. The summed E-state index contributed by atoms with van der Waals surface area (Å²) < 4.78 is 5.55. The number of carboxylic acid groups (broad SMARTS) is 1. The molecule has 1 aliphatic rings. The average Bonchev–Trinajstić information content (AvgIpc) is 2.99. The first-order valence-electron chi connectivity index (χ1n) is 8.98. The van der Waals surface area contributed by atoms with Crippen LogP contribution >= 0.6 is 0 Å². The molecule has 2 heterocycles. The van der Waals surface area contributed by atoms with E-state index in [1.807, 2.05) is 45.9 Å². The molecule has 7 heteroatoms. The third-order valence-corrected chi connectivity index (χ3v) is 4.56. The van der Waals surface area contributed by atoms with Crippen LogP contribution in [0.1, 0.15) is 52.1 Å². The molecular formula is C20H29N2NaO4. The zero-order valence-corrected chi connectivity index (χ0v) is 15.9. The number of hydrogen-bond donors (Lipinski definition) is 1. The van der Waals surface area contributed by atoms with Gasteiger partial charge in [-0.3, -0.25) is 9.78 Å². The number of allylic oxidation sites excluding steroid dienone is 2. The molecule has 0 radical (unpaired) electrons. The van der Waals surface area contributed by atoms with E-state index in [1.54, 1.807) is 23.4 Å². The third kappa shape index (κ3) is 6.33. The third-order valence-electron chi connectivity index (χ3n) is 4.56. The van der Waals surface area contributed by atoms with E-state index in [0.29, 0.717) is 19.4 Å². The van der Waals surface area contributed by atoms with Crippen LogP contribution in [0.2, 0.25) is 0 Å². The van der Waals surface area contributed by atoms with Gasteiger partial charge in [-0.25, -0.2) is 4.79 Å². The Morgan fingerprint density at radius 2 is 2.15 bits per heavy atom. The monoisotopic (exact) mass is 384 g/mol. The summed E-state index contributed by atoms with van der Waals surface area (Å²) in [5, 5.41) is 9.75. The van der Waals surface area contributed by atoms with Crippen molar-refractivity contribution in [3.63, 3.8) is 0 Å². The van der Waals surface area contributed by atoms with Gasteiger partial charge >= 0.3 is 41.6 Å². The molecule has 2 rings (SSSR count). The predicted molar refractivity (Wildman–Crippen MR) is 106 cm³/mol. The number of carboxylic acids is 1.